The Bertz CT molecular complexity index is 421. The zero-order valence-electron chi connectivity index (χ0n) is 10.00. The molecule has 92 valence electrons. The molecule has 0 aliphatic heterocycles. The fourth-order valence-electron chi connectivity index (χ4n) is 1.32. The van der Waals surface area contributed by atoms with Crippen LogP contribution in [0.3, 0.4) is 0 Å². The molecule has 7 heteroatoms. The van der Waals surface area contributed by atoms with Gasteiger partial charge in [-0.3, -0.25) is 4.79 Å². The molecule has 1 heterocycles. The van der Waals surface area contributed by atoms with Crippen molar-refractivity contribution in [1.29, 1.82) is 5.26 Å². The first-order valence-electron chi connectivity index (χ1n) is 5.29. The standard InChI is InChI=1S/C10H16N6O/c1-8(3-11)5-15(2)10(17)7-16-6-9(4-12)13-14-16/h6,8H,4-5,7,12H2,1-2H3. The van der Waals surface area contributed by atoms with Crippen LogP contribution in [0, 0.1) is 17.2 Å². The van der Waals surface area contributed by atoms with Crippen LogP contribution in [0.25, 0.3) is 0 Å². The zero-order chi connectivity index (χ0) is 12.8. The molecule has 7 nitrogen and oxygen atoms in total. The zero-order valence-corrected chi connectivity index (χ0v) is 10.00. The van der Waals surface area contributed by atoms with Gasteiger partial charge in [-0.2, -0.15) is 5.26 Å². The molecule has 0 saturated heterocycles. The second kappa shape index (κ2) is 5.96. The molecule has 1 unspecified atom stereocenters. The molecule has 0 fully saturated rings. The second-order valence-electron chi connectivity index (χ2n) is 3.92. The van der Waals surface area contributed by atoms with Crippen LogP contribution in [-0.2, 0) is 17.9 Å². The summed E-state index contributed by atoms with van der Waals surface area (Å²) in [7, 11) is 1.66. The molecule has 0 bridgehead atoms. The van der Waals surface area contributed by atoms with Gasteiger partial charge in [0.15, 0.2) is 0 Å². The van der Waals surface area contributed by atoms with Crippen molar-refractivity contribution in [2.24, 2.45) is 11.7 Å². The number of nitriles is 1. The Morgan fingerprint density at radius 1 is 1.76 bits per heavy atom. The summed E-state index contributed by atoms with van der Waals surface area (Å²) in [6, 6.07) is 2.08. The third-order valence-corrected chi connectivity index (χ3v) is 2.29. The highest BCUT2D eigenvalue weighted by atomic mass is 16.2. The van der Waals surface area contributed by atoms with Crippen LogP contribution >= 0.6 is 0 Å². The molecule has 1 atom stereocenters. The van der Waals surface area contributed by atoms with Gasteiger partial charge in [-0.1, -0.05) is 5.21 Å². The summed E-state index contributed by atoms with van der Waals surface area (Å²) in [5.74, 6) is -0.292. The number of hydrogen-bond donors (Lipinski definition) is 1. The van der Waals surface area contributed by atoms with Crippen LogP contribution in [0.1, 0.15) is 12.6 Å². The largest absolute Gasteiger partial charge is 0.343 e. The fourth-order valence-corrected chi connectivity index (χ4v) is 1.32. The van der Waals surface area contributed by atoms with Gasteiger partial charge >= 0.3 is 0 Å². The van der Waals surface area contributed by atoms with Gasteiger partial charge in [0.25, 0.3) is 0 Å². The minimum absolute atomic E-state index is 0.111. The maximum Gasteiger partial charge on any atom is 0.244 e. The highest BCUT2D eigenvalue weighted by molar-refractivity contribution is 5.75. The summed E-state index contributed by atoms with van der Waals surface area (Å²) < 4.78 is 1.44. The summed E-state index contributed by atoms with van der Waals surface area (Å²) in [6.07, 6.45) is 1.64. The lowest BCUT2D eigenvalue weighted by molar-refractivity contribution is -0.131. The van der Waals surface area contributed by atoms with Crippen molar-refractivity contribution in [3.63, 3.8) is 0 Å². The molecule has 17 heavy (non-hydrogen) atoms. The normalized spacial score (nSPS) is 11.9. The summed E-state index contributed by atoms with van der Waals surface area (Å²) >= 11 is 0. The summed E-state index contributed by atoms with van der Waals surface area (Å²) in [5, 5.41) is 16.2. The van der Waals surface area contributed by atoms with Crippen molar-refractivity contribution < 1.29 is 4.79 Å². The number of carbonyl (C=O) groups excluding carboxylic acids is 1. The first kappa shape index (κ1) is 13.1. The number of nitrogens with two attached hydrogens (primary N) is 1. The van der Waals surface area contributed by atoms with E-state index in [0.717, 1.165) is 0 Å². The van der Waals surface area contributed by atoms with Crippen LogP contribution in [0.15, 0.2) is 6.20 Å². The maximum absolute atomic E-state index is 11.8. The molecular formula is C10H16N6O. The number of hydrogen-bond acceptors (Lipinski definition) is 5. The number of aromatic nitrogens is 3. The van der Waals surface area contributed by atoms with Gasteiger partial charge in [0.1, 0.15) is 6.54 Å². The lowest BCUT2D eigenvalue weighted by Crippen LogP contribution is -2.33. The number of nitrogens with zero attached hydrogens (tertiary/aromatic N) is 5. The predicted octanol–water partition coefficient (Wildman–Crippen LogP) is -0.645. The molecule has 1 rings (SSSR count). The molecule has 0 aliphatic rings. The smallest absolute Gasteiger partial charge is 0.244 e. The minimum atomic E-state index is -0.181. The molecule has 1 aromatic rings. The van der Waals surface area contributed by atoms with E-state index in [1.54, 1.807) is 20.2 Å². The van der Waals surface area contributed by atoms with E-state index >= 15 is 0 Å². The van der Waals surface area contributed by atoms with E-state index in [1.807, 2.05) is 0 Å². The average molecular weight is 236 g/mol. The van der Waals surface area contributed by atoms with Gasteiger partial charge < -0.3 is 10.6 Å². The highest BCUT2D eigenvalue weighted by Gasteiger charge is 2.13. The van der Waals surface area contributed by atoms with Crippen LogP contribution in [0.4, 0.5) is 0 Å². The highest BCUT2D eigenvalue weighted by Crippen LogP contribution is 1.98. The third-order valence-electron chi connectivity index (χ3n) is 2.29. The van der Waals surface area contributed by atoms with E-state index in [2.05, 4.69) is 16.4 Å². The number of rotatable bonds is 5. The molecule has 0 saturated carbocycles. The topological polar surface area (TPSA) is 101 Å². The van der Waals surface area contributed by atoms with Crippen LogP contribution in [-0.4, -0.2) is 39.4 Å². The van der Waals surface area contributed by atoms with E-state index in [0.29, 0.717) is 18.8 Å². The van der Waals surface area contributed by atoms with Crippen molar-refractivity contribution in [2.75, 3.05) is 13.6 Å². The molecule has 0 radical (unpaired) electrons. The molecule has 0 aliphatic carbocycles. The third kappa shape index (κ3) is 3.85. The summed E-state index contributed by atoms with van der Waals surface area (Å²) in [6.45, 7) is 2.59. The molecule has 0 spiro atoms. The van der Waals surface area contributed by atoms with Crippen LogP contribution in [0.2, 0.25) is 0 Å². The van der Waals surface area contributed by atoms with E-state index in [4.69, 9.17) is 11.0 Å². The van der Waals surface area contributed by atoms with Crippen molar-refractivity contribution >= 4 is 5.91 Å². The van der Waals surface area contributed by atoms with E-state index in [9.17, 15) is 4.79 Å². The van der Waals surface area contributed by atoms with E-state index < -0.39 is 0 Å². The Balaban J connectivity index is 2.51. The van der Waals surface area contributed by atoms with Crippen molar-refractivity contribution in [2.45, 2.75) is 20.0 Å². The molecule has 1 aromatic heterocycles. The Morgan fingerprint density at radius 3 is 3.00 bits per heavy atom. The van der Waals surface area contributed by atoms with Gasteiger partial charge in [0.05, 0.1) is 23.9 Å². The Kier molecular flexibility index (Phi) is 4.60. The average Bonchev–Trinajstić information content (AvgIpc) is 2.76. The summed E-state index contributed by atoms with van der Waals surface area (Å²) in [4.78, 5) is 13.3. The predicted molar refractivity (Wildman–Crippen MR) is 60.3 cm³/mol. The Morgan fingerprint density at radius 2 is 2.47 bits per heavy atom. The minimum Gasteiger partial charge on any atom is -0.343 e. The van der Waals surface area contributed by atoms with Gasteiger partial charge in [-0.05, 0) is 6.92 Å². The number of carbonyl (C=O) groups is 1. The lowest BCUT2D eigenvalue weighted by Gasteiger charge is -2.17. The SMILES string of the molecule is CC(C#N)CN(C)C(=O)Cn1cc(CN)nn1. The quantitative estimate of drug-likeness (QED) is 0.732. The van der Waals surface area contributed by atoms with Crippen molar-refractivity contribution in [3.8, 4) is 6.07 Å². The van der Waals surface area contributed by atoms with Crippen molar-refractivity contribution in [3.05, 3.63) is 11.9 Å². The van der Waals surface area contributed by atoms with Crippen LogP contribution < -0.4 is 5.73 Å². The van der Waals surface area contributed by atoms with Crippen molar-refractivity contribution in [1.82, 2.24) is 19.9 Å². The van der Waals surface area contributed by atoms with E-state index in [-0.39, 0.29) is 18.4 Å². The van der Waals surface area contributed by atoms with E-state index in [1.165, 1.54) is 9.58 Å². The number of amides is 1. The first-order valence-corrected chi connectivity index (χ1v) is 5.29. The summed E-state index contributed by atoms with van der Waals surface area (Å²) in [5.41, 5.74) is 6.03. The van der Waals surface area contributed by atoms with Gasteiger partial charge in [0, 0.05) is 20.1 Å². The monoisotopic (exact) mass is 236 g/mol. The molecule has 2 N–H and O–H groups in total. The maximum atomic E-state index is 11.8. The first-order chi connectivity index (χ1) is 8.06. The van der Waals surface area contributed by atoms with Gasteiger partial charge in [0.2, 0.25) is 5.91 Å². The Hall–Kier alpha value is -1.94. The van der Waals surface area contributed by atoms with Gasteiger partial charge in [-0.25, -0.2) is 4.68 Å². The van der Waals surface area contributed by atoms with Gasteiger partial charge in [-0.15, -0.1) is 5.10 Å². The molecular weight excluding hydrogens is 220 g/mol. The molecule has 1 amide bonds. The van der Waals surface area contributed by atoms with Crippen LogP contribution in [0.5, 0.6) is 0 Å². The number of likely N-dealkylation sites (N-methyl/N-ethyl adjacent to an activating group) is 1. The second-order valence-corrected chi connectivity index (χ2v) is 3.92. The Labute approximate surface area is 99.8 Å². The fraction of sp³-hybridized carbons (Fsp3) is 0.600. The lowest BCUT2D eigenvalue weighted by atomic mass is 10.2. The molecule has 0 aromatic carbocycles.